The maximum atomic E-state index is 12.5. The van der Waals surface area contributed by atoms with Gasteiger partial charge in [0.1, 0.15) is 6.10 Å². The van der Waals surface area contributed by atoms with Gasteiger partial charge in [-0.25, -0.2) is 9.78 Å². The van der Waals surface area contributed by atoms with Gasteiger partial charge in [0, 0.05) is 60.9 Å². The lowest BCUT2D eigenvalue weighted by atomic mass is 9.82. The molecule has 5 heterocycles. The predicted molar refractivity (Wildman–Crippen MR) is 129 cm³/mol. The average Bonchev–Trinajstić information content (AvgIpc) is 3.52. The van der Waals surface area contributed by atoms with E-state index in [2.05, 4.69) is 26.0 Å². The fourth-order valence-electron chi connectivity index (χ4n) is 4.98. The zero-order valence-electron chi connectivity index (χ0n) is 19.9. The fourth-order valence-corrected chi connectivity index (χ4v) is 4.98. The average molecular weight is 462 g/mol. The number of amides is 2. The Labute approximate surface area is 199 Å². The van der Waals surface area contributed by atoms with Crippen molar-refractivity contribution in [2.45, 2.75) is 57.7 Å². The number of ether oxygens (including phenoxy) is 1. The summed E-state index contributed by atoms with van der Waals surface area (Å²) in [5.74, 6) is 0.873. The second-order valence-electron chi connectivity index (χ2n) is 9.59. The molecule has 1 saturated heterocycles. The largest absolute Gasteiger partial charge is 0.482 e. The van der Waals surface area contributed by atoms with E-state index in [1.54, 1.807) is 18.6 Å². The first-order valence-electron chi connectivity index (χ1n) is 11.8. The van der Waals surface area contributed by atoms with Crippen molar-refractivity contribution >= 4 is 11.8 Å². The molecule has 3 aromatic heterocycles. The lowest BCUT2D eigenvalue weighted by molar-refractivity contribution is 0.203. The maximum Gasteiger partial charge on any atom is 0.317 e. The monoisotopic (exact) mass is 461 g/mol. The smallest absolute Gasteiger partial charge is 0.317 e. The Kier molecular flexibility index (Phi) is 5.63. The number of hydrogen-bond donors (Lipinski definition) is 2. The molecular formula is C25H31N7O2. The number of pyridine rings is 2. The van der Waals surface area contributed by atoms with Gasteiger partial charge in [0.2, 0.25) is 0 Å². The van der Waals surface area contributed by atoms with Crippen LogP contribution >= 0.6 is 0 Å². The van der Waals surface area contributed by atoms with E-state index in [-0.39, 0.29) is 23.6 Å². The molecule has 2 atom stereocenters. The molecule has 178 valence electrons. The van der Waals surface area contributed by atoms with Crippen molar-refractivity contribution in [1.82, 2.24) is 30.0 Å². The standard InChI is InChI=1S/C25H31N7O2/c1-16(2)29-24(33)31-10-6-25(15-31)7-11-32-22(25)13-20(30-32)19-12-21(23(26)28-14-19)34-17(3)18-4-8-27-9-5-18/h4-5,8-9,12-14,16-17H,6-7,10-11,15H2,1-3H3,(H2,26,28)(H,29,33)/t17-,25-/m1/s1. The van der Waals surface area contributed by atoms with Gasteiger partial charge in [-0.2, -0.15) is 5.10 Å². The number of fused-ring (bicyclic) bond motifs is 2. The van der Waals surface area contributed by atoms with Crippen LogP contribution in [-0.2, 0) is 12.0 Å². The first-order chi connectivity index (χ1) is 16.3. The van der Waals surface area contributed by atoms with Crippen LogP contribution in [0.1, 0.15) is 51.0 Å². The number of likely N-dealkylation sites (tertiary alicyclic amines) is 1. The topological polar surface area (TPSA) is 111 Å². The molecule has 0 aliphatic carbocycles. The second-order valence-corrected chi connectivity index (χ2v) is 9.59. The first-order valence-corrected chi connectivity index (χ1v) is 11.8. The van der Waals surface area contributed by atoms with Crippen molar-refractivity contribution in [2.24, 2.45) is 0 Å². The van der Waals surface area contributed by atoms with Gasteiger partial charge in [-0.3, -0.25) is 9.67 Å². The fraction of sp³-hybridized carbons (Fsp3) is 0.440. The van der Waals surface area contributed by atoms with Crippen LogP contribution in [0.2, 0.25) is 0 Å². The molecule has 2 amide bonds. The number of aryl methyl sites for hydroxylation is 1. The first kappa shape index (κ1) is 22.2. The summed E-state index contributed by atoms with van der Waals surface area (Å²) >= 11 is 0. The number of rotatable bonds is 5. The normalized spacial score (nSPS) is 20.1. The third-order valence-electron chi connectivity index (χ3n) is 6.84. The van der Waals surface area contributed by atoms with E-state index in [9.17, 15) is 4.79 Å². The van der Waals surface area contributed by atoms with Gasteiger partial charge in [0.25, 0.3) is 0 Å². The summed E-state index contributed by atoms with van der Waals surface area (Å²) in [5.41, 5.74) is 9.97. The summed E-state index contributed by atoms with van der Waals surface area (Å²) < 4.78 is 8.21. The Morgan fingerprint density at radius 3 is 2.71 bits per heavy atom. The molecule has 0 aromatic carbocycles. The van der Waals surface area contributed by atoms with E-state index < -0.39 is 0 Å². The summed E-state index contributed by atoms with van der Waals surface area (Å²) in [6.07, 6.45) is 6.97. The van der Waals surface area contributed by atoms with Gasteiger partial charge in [-0.1, -0.05) is 0 Å². The molecule has 34 heavy (non-hydrogen) atoms. The third kappa shape index (κ3) is 4.06. The molecule has 9 heteroatoms. The predicted octanol–water partition coefficient (Wildman–Crippen LogP) is 3.53. The lowest BCUT2D eigenvalue weighted by Gasteiger charge is -2.24. The molecule has 5 rings (SSSR count). The van der Waals surface area contributed by atoms with Crippen LogP contribution in [0.5, 0.6) is 5.75 Å². The van der Waals surface area contributed by atoms with Crippen molar-refractivity contribution in [3.8, 4) is 17.0 Å². The zero-order chi connectivity index (χ0) is 23.9. The highest BCUT2D eigenvalue weighted by molar-refractivity contribution is 5.75. The van der Waals surface area contributed by atoms with Gasteiger partial charge < -0.3 is 20.7 Å². The van der Waals surface area contributed by atoms with Gasteiger partial charge in [-0.05, 0) is 63.4 Å². The van der Waals surface area contributed by atoms with E-state index in [0.717, 1.165) is 42.8 Å². The Morgan fingerprint density at radius 2 is 1.94 bits per heavy atom. The number of carbonyl (C=O) groups excluding carboxylic acids is 1. The molecule has 0 bridgehead atoms. The number of aromatic nitrogens is 4. The molecule has 2 aliphatic heterocycles. The number of carbonyl (C=O) groups is 1. The van der Waals surface area contributed by atoms with Crippen LogP contribution in [0, 0.1) is 0 Å². The highest BCUT2D eigenvalue weighted by atomic mass is 16.5. The molecule has 0 saturated carbocycles. The van der Waals surface area contributed by atoms with Crippen molar-refractivity contribution in [3.63, 3.8) is 0 Å². The summed E-state index contributed by atoms with van der Waals surface area (Å²) in [6.45, 7) is 8.26. The quantitative estimate of drug-likeness (QED) is 0.601. The van der Waals surface area contributed by atoms with Crippen LogP contribution in [-0.4, -0.2) is 49.8 Å². The van der Waals surface area contributed by atoms with Crippen LogP contribution in [0.3, 0.4) is 0 Å². The molecular weight excluding hydrogens is 430 g/mol. The van der Waals surface area contributed by atoms with Gasteiger partial charge in [-0.15, -0.1) is 0 Å². The van der Waals surface area contributed by atoms with E-state index in [4.69, 9.17) is 15.6 Å². The Balaban J connectivity index is 1.37. The van der Waals surface area contributed by atoms with E-state index in [0.29, 0.717) is 18.1 Å². The summed E-state index contributed by atoms with van der Waals surface area (Å²) in [5, 5.41) is 7.87. The Bertz CT molecular complexity index is 1190. The maximum absolute atomic E-state index is 12.5. The van der Waals surface area contributed by atoms with E-state index in [1.807, 2.05) is 43.9 Å². The van der Waals surface area contributed by atoms with Crippen molar-refractivity contribution in [2.75, 3.05) is 18.8 Å². The minimum absolute atomic E-state index is 0.0120. The third-order valence-corrected chi connectivity index (χ3v) is 6.84. The van der Waals surface area contributed by atoms with Crippen LogP contribution in [0.4, 0.5) is 10.6 Å². The van der Waals surface area contributed by atoms with Crippen molar-refractivity contribution in [3.05, 3.63) is 54.1 Å². The zero-order valence-corrected chi connectivity index (χ0v) is 19.9. The lowest BCUT2D eigenvalue weighted by Crippen LogP contribution is -2.43. The summed E-state index contributed by atoms with van der Waals surface area (Å²) in [7, 11) is 0. The van der Waals surface area contributed by atoms with Crippen LogP contribution < -0.4 is 15.8 Å². The minimum Gasteiger partial charge on any atom is -0.482 e. The molecule has 0 unspecified atom stereocenters. The molecule has 3 N–H and O–H groups in total. The number of urea groups is 1. The molecule has 3 aromatic rings. The molecule has 2 aliphatic rings. The summed E-state index contributed by atoms with van der Waals surface area (Å²) in [6, 6.07) is 8.02. The van der Waals surface area contributed by atoms with E-state index in [1.165, 1.54) is 5.69 Å². The molecule has 9 nitrogen and oxygen atoms in total. The SMILES string of the molecule is CC(C)NC(=O)N1CC[C@@]2(CCn3nc(-c4cnc(N)c(O[C@H](C)c5ccncc5)c4)cc32)C1. The number of nitrogens with two attached hydrogens (primary N) is 1. The number of hydrogen-bond acceptors (Lipinski definition) is 6. The van der Waals surface area contributed by atoms with Gasteiger partial charge >= 0.3 is 6.03 Å². The molecule has 1 fully saturated rings. The van der Waals surface area contributed by atoms with Crippen molar-refractivity contribution in [1.29, 1.82) is 0 Å². The highest BCUT2D eigenvalue weighted by Gasteiger charge is 2.47. The number of anilines is 1. The van der Waals surface area contributed by atoms with Crippen molar-refractivity contribution < 1.29 is 9.53 Å². The second kappa shape index (κ2) is 8.62. The number of nitrogen functional groups attached to an aromatic ring is 1. The minimum atomic E-state index is -0.195. The van der Waals surface area contributed by atoms with Gasteiger partial charge in [0.05, 0.1) is 5.69 Å². The van der Waals surface area contributed by atoms with E-state index >= 15 is 0 Å². The molecule has 0 radical (unpaired) electrons. The Morgan fingerprint density at radius 1 is 1.18 bits per heavy atom. The van der Waals surface area contributed by atoms with Crippen LogP contribution in [0.25, 0.3) is 11.3 Å². The number of nitrogens with one attached hydrogen (secondary N) is 1. The Hall–Kier alpha value is -3.62. The molecule has 1 spiro atoms. The van der Waals surface area contributed by atoms with Crippen LogP contribution in [0.15, 0.2) is 42.9 Å². The highest BCUT2D eigenvalue weighted by Crippen LogP contribution is 2.44. The summed E-state index contributed by atoms with van der Waals surface area (Å²) in [4.78, 5) is 22.9. The number of nitrogens with zero attached hydrogens (tertiary/aromatic N) is 5. The van der Waals surface area contributed by atoms with Gasteiger partial charge in [0.15, 0.2) is 11.6 Å².